The Morgan fingerprint density at radius 2 is 1.95 bits per heavy atom. The van der Waals surface area contributed by atoms with Crippen molar-refractivity contribution in [3.05, 3.63) is 44.4 Å². The van der Waals surface area contributed by atoms with Gasteiger partial charge in [0.1, 0.15) is 0 Å². The molecule has 0 spiro atoms. The van der Waals surface area contributed by atoms with Crippen molar-refractivity contribution < 1.29 is 0 Å². The number of hydrogen-bond acceptors (Lipinski definition) is 5. The molecule has 1 heterocycles. The van der Waals surface area contributed by atoms with Crippen molar-refractivity contribution in [3.8, 4) is 0 Å². The van der Waals surface area contributed by atoms with Gasteiger partial charge in [0, 0.05) is 5.41 Å². The number of nitrogens with zero attached hydrogens (tertiary/aromatic N) is 2. The van der Waals surface area contributed by atoms with Crippen LogP contribution in [0.5, 0.6) is 0 Å². The van der Waals surface area contributed by atoms with Gasteiger partial charge in [0.05, 0.1) is 26.7 Å². The summed E-state index contributed by atoms with van der Waals surface area (Å²) in [6.07, 6.45) is 0. The van der Waals surface area contributed by atoms with E-state index in [1.54, 1.807) is 12.1 Å². The predicted octanol–water partition coefficient (Wildman–Crippen LogP) is 3.70. The maximum Gasteiger partial charge on any atom is 0.0861 e. The Hall–Kier alpha value is -0.720. The minimum absolute atomic E-state index is 0.104. The van der Waals surface area contributed by atoms with Crippen LogP contribution in [-0.4, -0.2) is 9.59 Å². The van der Waals surface area contributed by atoms with Crippen molar-refractivity contribution in [3.63, 3.8) is 0 Å². The van der Waals surface area contributed by atoms with Gasteiger partial charge in [-0.05, 0) is 29.2 Å². The van der Waals surface area contributed by atoms with Gasteiger partial charge in [0.25, 0.3) is 0 Å². The topological polar surface area (TPSA) is 63.8 Å². The number of aromatic nitrogens is 2. The predicted molar refractivity (Wildman–Crippen MR) is 84.2 cm³/mol. The summed E-state index contributed by atoms with van der Waals surface area (Å²) in [7, 11) is 0. The molecule has 1 aromatic carbocycles. The van der Waals surface area contributed by atoms with Gasteiger partial charge in [-0.3, -0.25) is 5.84 Å². The van der Waals surface area contributed by atoms with Gasteiger partial charge in [-0.25, -0.2) is 5.43 Å². The summed E-state index contributed by atoms with van der Waals surface area (Å²) in [5.41, 5.74) is 4.56. The number of hydrogen-bond donors (Lipinski definition) is 2. The quantitative estimate of drug-likeness (QED) is 0.665. The van der Waals surface area contributed by atoms with Crippen molar-refractivity contribution in [2.45, 2.75) is 32.2 Å². The van der Waals surface area contributed by atoms with Gasteiger partial charge in [-0.15, -0.1) is 5.10 Å². The smallest absolute Gasteiger partial charge is 0.0861 e. The lowest BCUT2D eigenvalue weighted by molar-refractivity contribution is 0.543. The monoisotopic (exact) mass is 330 g/mol. The standard InChI is InChI=1S/C13H16Cl2N4S/c1-13(2,3)12-11(20-19-18-12)10(17-16)7-4-5-8(14)9(15)6-7/h4-6,10,17H,16H2,1-3H3. The zero-order valence-corrected chi connectivity index (χ0v) is 13.8. The lowest BCUT2D eigenvalue weighted by atomic mass is 9.89. The van der Waals surface area contributed by atoms with E-state index >= 15 is 0 Å². The Kier molecular flexibility index (Phi) is 4.66. The van der Waals surface area contributed by atoms with E-state index in [1.165, 1.54) is 11.5 Å². The van der Waals surface area contributed by atoms with Crippen molar-refractivity contribution in [2.75, 3.05) is 0 Å². The fraction of sp³-hybridized carbons (Fsp3) is 0.385. The third-order valence-corrected chi connectivity index (χ3v) is 4.46. The molecule has 2 rings (SSSR count). The van der Waals surface area contributed by atoms with Gasteiger partial charge < -0.3 is 0 Å². The Bertz CT molecular complexity index is 607. The molecule has 7 heteroatoms. The van der Waals surface area contributed by atoms with Gasteiger partial charge in [-0.1, -0.05) is 54.5 Å². The maximum atomic E-state index is 6.08. The Morgan fingerprint density at radius 1 is 1.25 bits per heavy atom. The number of hydrazine groups is 1. The molecule has 4 nitrogen and oxygen atoms in total. The van der Waals surface area contributed by atoms with Crippen LogP contribution >= 0.6 is 34.7 Å². The highest BCUT2D eigenvalue weighted by molar-refractivity contribution is 7.05. The molecule has 3 N–H and O–H groups in total. The Labute approximate surface area is 132 Å². The third kappa shape index (κ3) is 3.13. The van der Waals surface area contributed by atoms with E-state index < -0.39 is 0 Å². The van der Waals surface area contributed by atoms with Crippen LogP contribution in [0.25, 0.3) is 0 Å². The van der Waals surface area contributed by atoms with Crippen molar-refractivity contribution >= 4 is 34.7 Å². The molecule has 0 aliphatic carbocycles. The zero-order valence-electron chi connectivity index (χ0n) is 11.4. The van der Waals surface area contributed by atoms with Crippen LogP contribution in [0.15, 0.2) is 18.2 Å². The number of nitrogens with one attached hydrogen (secondary N) is 1. The molecular weight excluding hydrogens is 315 g/mol. The third-order valence-electron chi connectivity index (χ3n) is 2.93. The van der Waals surface area contributed by atoms with Gasteiger partial charge in [-0.2, -0.15) is 0 Å². The average Bonchev–Trinajstić information content (AvgIpc) is 2.83. The van der Waals surface area contributed by atoms with E-state index in [0.717, 1.165) is 16.1 Å². The van der Waals surface area contributed by atoms with Crippen LogP contribution in [0.3, 0.4) is 0 Å². The molecule has 0 radical (unpaired) electrons. The first-order chi connectivity index (χ1) is 9.34. The summed E-state index contributed by atoms with van der Waals surface area (Å²) < 4.78 is 4.06. The van der Waals surface area contributed by atoms with Crippen LogP contribution in [0.2, 0.25) is 10.0 Å². The Morgan fingerprint density at radius 3 is 2.50 bits per heavy atom. The summed E-state index contributed by atoms with van der Waals surface area (Å²) in [6, 6.07) is 5.25. The summed E-state index contributed by atoms with van der Waals surface area (Å²) in [4.78, 5) is 0.985. The van der Waals surface area contributed by atoms with Crippen LogP contribution in [0, 0.1) is 0 Å². The molecule has 0 amide bonds. The van der Waals surface area contributed by atoms with Crippen molar-refractivity contribution in [1.29, 1.82) is 0 Å². The molecule has 0 aliphatic rings. The van der Waals surface area contributed by atoms with E-state index in [4.69, 9.17) is 29.0 Å². The molecule has 0 saturated heterocycles. The van der Waals surface area contributed by atoms with Gasteiger partial charge >= 0.3 is 0 Å². The van der Waals surface area contributed by atoms with Crippen molar-refractivity contribution in [2.24, 2.45) is 5.84 Å². The van der Waals surface area contributed by atoms with Crippen LogP contribution in [-0.2, 0) is 5.41 Å². The van der Waals surface area contributed by atoms with E-state index in [9.17, 15) is 0 Å². The van der Waals surface area contributed by atoms with E-state index in [-0.39, 0.29) is 11.5 Å². The number of benzene rings is 1. The molecule has 1 atom stereocenters. The molecule has 1 aromatic heterocycles. The SMILES string of the molecule is CC(C)(C)c1nnsc1C(NN)c1ccc(Cl)c(Cl)c1. The Balaban J connectivity index is 2.48. The first kappa shape index (κ1) is 15.7. The van der Waals surface area contributed by atoms with Gasteiger partial charge in [0.15, 0.2) is 0 Å². The number of halogens is 2. The molecule has 0 fully saturated rings. The number of rotatable bonds is 3. The highest BCUT2D eigenvalue weighted by atomic mass is 35.5. The minimum atomic E-state index is -0.209. The van der Waals surface area contributed by atoms with Gasteiger partial charge in [0.2, 0.25) is 0 Å². The fourth-order valence-corrected chi connectivity index (χ4v) is 3.18. The highest BCUT2D eigenvalue weighted by Gasteiger charge is 2.27. The van der Waals surface area contributed by atoms with Crippen LogP contribution in [0.4, 0.5) is 0 Å². The summed E-state index contributed by atoms with van der Waals surface area (Å²) in [5, 5.41) is 5.25. The summed E-state index contributed by atoms with van der Waals surface area (Å²) in [5.74, 6) is 5.72. The van der Waals surface area contributed by atoms with E-state index in [1.807, 2.05) is 6.07 Å². The molecule has 0 saturated carbocycles. The zero-order chi connectivity index (χ0) is 14.9. The highest BCUT2D eigenvalue weighted by Crippen LogP contribution is 2.35. The van der Waals surface area contributed by atoms with E-state index in [2.05, 4.69) is 35.8 Å². The van der Waals surface area contributed by atoms with Crippen molar-refractivity contribution in [1.82, 2.24) is 15.0 Å². The lowest BCUT2D eigenvalue weighted by Gasteiger charge is -2.21. The second kappa shape index (κ2) is 5.95. The second-order valence-electron chi connectivity index (χ2n) is 5.51. The maximum absolute atomic E-state index is 6.08. The first-order valence-corrected chi connectivity index (χ1v) is 7.61. The summed E-state index contributed by atoms with van der Waals surface area (Å²) >= 11 is 13.4. The second-order valence-corrected chi connectivity index (χ2v) is 7.11. The molecule has 20 heavy (non-hydrogen) atoms. The molecule has 2 aromatic rings. The lowest BCUT2D eigenvalue weighted by Crippen LogP contribution is -2.30. The van der Waals surface area contributed by atoms with E-state index in [0.29, 0.717) is 10.0 Å². The minimum Gasteiger partial charge on any atom is -0.271 e. The average molecular weight is 331 g/mol. The normalized spacial score (nSPS) is 13.5. The van der Waals surface area contributed by atoms with Crippen LogP contribution < -0.4 is 11.3 Å². The largest absolute Gasteiger partial charge is 0.271 e. The molecule has 1 unspecified atom stereocenters. The molecular formula is C13H16Cl2N4S. The molecule has 108 valence electrons. The van der Waals surface area contributed by atoms with Crippen LogP contribution in [0.1, 0.15) is 42.9 Å². The fourth-order valence-electron chi connectivity index (χ4n) is 1.92. The first-order valence-electron chi connectivity index (χ1n) is 6.08. The molecule has 0 bridgehead atoms. The summed E-state index contributed by atoms with van der Waals surface area (Å²) in [6.45, 7) is 6.28. The number of nitrogens with two attached hydrogens (primary N) is 1. The molecule has 0 aliphatic heterocycles.